The molecule has 1 atom stereocenters. The highest BCUT2D eigenvalue weighted by Gasteiger charge is 2.35. The molecule has 2 aromatic rings. The van der Waals surface area contributed by atoms with Crippen LogP contribution in [-0.4, -0.2) is 40.4 Å². The molecule has 0 radical (unpaired) electrons. The number of hydrogen-bond donors (Lipinski definition) is 2. The van der Waals surface area contributed by atoms with Crippen molar-refractivity contribution in [3.63, 3.8) is 0 Å². The average molecular weight is 451 g/mol. The molecule has 3 rings (SSSR count). The van der Waals surface area contributed by atoms with E-state index in [0.717, 1.165) is 0 Å². The highest BCUT2D eigenvalue weighted by molar-refractivity contribution is 7.91. The van der Waals surface area contributed by atoms with Crippen LogP contribution in [0.25, 0.3) is 0 Å². The van der Waals surface area contributed by atoms with Gasteiger partial charge < -0.3 is 20.1 Å². The summed E-state index contributed by atoms with van der Waals surface area (Å²) in [6.07, 6.45) is 0. The third kappa shape index (κ3) is 4.42. The Morgan fingerprint density at radius 1 is 1.13 bits per heavy atom. The fourth-order valence-electron chi connectivity index (χ4n) is 3.09. The van der Waals surface area contributed by atoms with E-state index >= 15 is 0 Å². The first-order chi connectivity index (χ1) is 14.3. The van der Waals surface area contributed by atoms with Gasteiger partial charge in [-0.05, 0) is 23.8 Å². The number of nitrogens with one attached hydrogen (secondary N) is 2. The minimum Gasteiger partial charge on any atom is -0.495 e. The van der Waals surface area contributed by atoms with Crippen LogP contribution in [0.4, 0.5) is 4.79 Å². The predicted octanol–water partition coefficient (Wildman–Crippen LogP) is 2.60. The lowest BCUT2D eigenvalue weighted by molar-refractivity contribution is -0.136. The van der Waals surface area contributed by atoms with Gasteiger partial charge in [-0.2, -0.15) is 0 Å². The van der Waals surface area contributed by atoms with Crippen LogP contribution in [0.2, 0.25) is 5.02 Å². The molecule has 0 saturated carbocycles. The summed E-state index contributed by atoms with van der Waals surface area (Å²) in [7, 11) is -1.36. The number of ether oxygens (including phenoxy) is 2. The van der Waals surface area contributed by atoms with Gasteiger partial charge in [-0.1, -0.05) is 41.9 Å². The van der Waals surface area contributed by atoms with Crippen molar-refractivity contribution in [2.75, 3.05) is 20.0 Å². The Balaban J connectivity index is 2.07. The first-order valence-corrected chi connectivity index (χ1v) is 10.8. The van der Waals surface area contributed by atoms with E-state index in [0.29, 0.717) is 11.3 Å². The zero-order valence-electron chi connectivity index (χ0n) is 16.1. The molecule has 0 bridgehead atoms. The van der Waals surface area contributed by atoms with Gasteiger partial charge in [-0.3, -0.25) is 0 Å². The largest absolute Gasteiger partial charge is 0.495 e. The van der Waals surface area contributed by atoms with Gasteiger partial charge in [0.25, 0.3) is 0 Å². The average Bonchev–Trinajstić information content (AvgIpc) is 2.73. The molecule has 0 aromatic heterocycles. The lowest BCUT2D eigenvalue weighted by Crippen LogP contribution is -2.47. The maximum atomic E-state index is 13.0. The Hall–Kier alpha value is -3.04. The monoisotopic (exact) mass is 450 g/mol. The number of benzene rings is 2. The Labute approximate surface area is 178 Å². The highest BCUT2D eigenvalue weighted by atomic mass is 35.5. The van der Waals surface area contributed by atoms with E-state index < -0.39 is 33.6 Å². The van der Waals surface area contributed by atoms with Crippen molar-refractivity contribution < 1.29 is 27.5 Å². The van der Waals surface area contributed by atoms with Crippen molar-refractivity contribution >= 4 is 33.4 Å². The summed E-state index contributed by atoms with van der Waals surface area (Å²) in [4.78, 5) is 24.7. The summed E-state index contributed by atoms with van der Waals surface area (Å²) >= 11 is 6.05. The van der Waals surface area contributed by atoms with Crippen molar-refractivity contribution in [2.45, 2.75) is 10.9 Å². The summed E-state index contributed by atoms with van der Waals surface area (Å²) in [5.74, 6) is -1.06. The van der Waals surface area contributed by atoms with Gasteiger partial charge in [0.2, 0.25) is 0 Å². The number of rotatable bonds is 6. The number of hydrogen-bond acceptors (Lipinski definition) is 6. The summed E-state index contributed by atoms with van der Waals surface area (Å²) in [6, 6.07) is 11.2. The van der Waals surface area contributed by atoms with Crippen molar-refractivity contribution in [3.8, 4) is 5.75 Å². The summed E-state index contributed by atoms with van der Waals surface area (Å²) in [5.41, 5.74) is 0.549. The fraction of sp³-hybridized carbons (Fsp3) is 0.200. The third-order valence-electron chi connectivity index (χ3n) is 4.51. The lowest BCUT2D eigenvalue weighted by atomic mass is 9.96. The molecule has 8 nitrogen and oxygen atoms in total. The molecule has 158 valence electrons. The SMILES string of the molecule is COC(=O)C1=C(CS(=O)(=O)c2ccc(OC)c(Cl)c2)NC(=O)N[C@@H]1c1ccccc1. The Morgan fingerprint density at radius 3 is 2.43 bits per heavy atom. The number of sulfone groups is 1. The van der Waals surface area contributed by atoms with Gasteiger partial charge in [0, 0.05) is 5.70 Å². The first kappa shape index (κ1) is 21.7. The van der Waals surface area contributed by atoms with E-state index in [1.807, 2.05) is 0 Å². The van der Waals surface area contributed by atoms with E-state index in [2.05, 4.69) is 10.6 Å². The molecule has 2 N–H and O–H groups in total. The maximum Gasteiger partial charge on any atom is 0.338 e. The number of methoxy groups -OCH3 is 2. The molecular formula is C20H19ClN2O6S. The van der Waals surface area contributed by atoms with E-state index in [-0.39, 0.29) is 21.2 Å². The number of urea groups is 1. The topological polar surface area (TPSA) is 111 Å². The van der Waals surface area contributed by atoms with Gasteiger partial charge in [-0.25, -0.2) is 18.0 Å². The molecule has 1 heterocycles. The number of halogens is 1. The molecule has 1 aliphatic rings. The molecule has 30 heavy (non-hydrogen) atoms. The minimum absolute atomic E-state index is 0.00600. The Kier molecular flexibility index (Phi) is 6.33. The van der Waals surface area contributed by atoms with Crippen LogP contribution in [0, 0.1) is 0 Å². The maximum absolute atomic E-state index is 13.0. The zero-order chi connectivity index (χ0) is 21.9. The number of carbonyl (C=O) groups is 2. The Bertz CT molecular complexity index is 1120. The van der Waals surface area contributed by atoms with Crippen LogP contribution in [0.3, 0.4) is 0 Å². The second kappa shape index (κ2) is 8.76. The second-order valence-electron chi connectivity index (χ2n) is 6.38. The smallest absolute Gasteiger partial charge is 0.338 e. The minimum atomic E-state index is -3.96. The standard InChI is InChI=1S/C20H19ClN2O6S/c1-28-16-9-8-13(10-14(16)21)30(26,27)11-15-17(19(24)29-2)18(23-20(25)22-15)12-6-4-3-5-7-12/h3-10,18H,11H2,1-2H3,(H2,22,23,25)/t18-/m1/s1. The van der Waals surface area contributed by atoms with Crippen LogP contribution in [0.5, 0.6) is 5.75 Å². The van der Waals surface area contributed by atoms with E-state index in [9.17, 15) is 18.0 Å². The molecule has 0 spiro atoms. The summed E-state index contributed by atoms with van der Waals surface area (Å²) < 4.78 is 35.9. The first-order valence-electron chi connectivity index (χ1n) is 8.77. The van der Waals surface area contributed by atoms with Crippen molar-refractivity contribution in [3.05, 3.63) is 70.4 Å². The van der Waals surface area contributed by atoms with Gasteiger partial charge in [0.15, 0.2) is 9.84 Å². The van der Waals surface area contributed by atoms with Gasteiger partial charge in [0.05, 0.1) is 41.5 Å². The number of amides is 2. The van der Waals surface area contributed by atoms with Gasteiger partial charge in [-0.15, -0.1) is 0 Å². The zero-order valence-corrected chi connectivity index (χ0v) is 17.7. The summed E-state index contributed by atoms with van der Waals surface area (Å²) in [5, 5.41) is 5.20. The van der Waals surface area contributed by atoms with Crippen molar-refractivity contribution in [2.24, 2.45) is 0 Å². The molecule has 0 saturated heterocycles. The quantitative estimate of drug-likeness (QED) is 0.654. The van der Waals surface area contributed by atoms with Crippen LogP contribution in [-0.2, 0) is 19.4 Å². The van der Waals surface area contributed by atoms with Gasteiger partial charge >= 0.3 is 12.0 Å². The van der Waals surface area contributed by atoms with E-state index in [1.165, 1.54) is 32.4 Å². The predicted molar refractivity (Wildman–Crippen MR) is 110 cm³/mol. The van der Waals surface area contributed by atoms with E-state index in [1.54, 1.807) is 30.3 Å². The highest BCUT2D eigenvalue weighted by Crippen LogP contribution is 2.31. The van der Waals surface area contributed by atoms with E-state index in [4.69, 9.17) is 21.1 Å². The van der Waals surface area contributed by atoms with Crippen LogP contribution >= 0.6 is 11.6 Å². The van der Waals surface area contributed by atoms with Crippen molar-refractivity contribution in [1.29, 1.82) is 0 Å². The molecule has 2 aromatic carbocycles. The molecule has 0 aliphatic carbocycles. The molecule has 10 heteroatoms. The van der Waals surface area contributed by atoms with Crippen LogP contribution in [0.1, 0.15) is 11.6 Å². The molecule has 1 aliphatic heterocycles. The summed E-state index contributed by atoms with van der Waals surface area (Å²) in [6.45, 7) is 0. The van der Waals surface area contributed by atoms with Crippen molar-refractivity contribution in [1.82, 2.24) is 10.6 Å². The normalized spacial score (nSPS) is 16.5. The number of carbonyl (C=O) groups excluding carboxylic acids is 2. The second-order valence-corrected chi connectivity index (χ2v) is 8.78. The van der Waals surface area contributed by atoms with Gasteiger partial charge in [0.1, 0.15) is 5.75 Å². The van der Waals surface area contributed by atoms with Crippen LogP contribution < -0.4 is 15.4 Å². The molecule has 0 unspecified atom stereocenters. The number of esters is 1. The molecule has 2 amide bonds. The fourth-order valence-corrected chi connectivity index (χ4v) is 4.76. The Morgan fingerprint density at radius 2 is 1.83 bits per heavy atom. The lowest BCUT2D eigenvalue weighted by Gasteiger charge is -2.29. The third-order valence-corrected chi connectivity index (χ3v) is 6.44. The molecular weight excluding hydrogens is 432 g/mol. The van der Waals surface area contributed by atoms with Crippen LogP contribution in [0.15, 0.2) is 64.7 Å². The molecule has 0 fully saturated rings.